The Morgan fingerprint density at radius 2 is 1.88 bits per heavy atom. The number of aromatic nitrogens is 2. The Bertz CT molecular complexity index is 1650. The van der Waals surface area contributed by atoms with Crippen LogP contribution in [0.4, 0.5) is 0 Å². The predicted octanol–water partition coefficient (Wildman–Crippen LogP) is 6.12. The van der Waals surface area contributed by atoms with E-state index in [1.54, 1.807) is 6.07 Å². The molecule has 7 heteroatoms. The third-order valence-corrected chi connectivity index (χ3v) is 12.2. The molecule has 1 aromatic carbocycles. The minimum Gasteiger partial charge on any atom is -0.508 e. The molecule has 5 aliphatic heterocycles. The Labute approximate surface area is 253 Å². The second kappa shape index (κ2) is 9.64. The quantitative estimate of drug-likeness (QED) is 0.301. The van der Waals surface area contributed by atoms with E-state index in [9.17, 15) is 10.2 Å². The van der Waals surface area contributed by atoms with Crippen LogP contribution in [0.5, 0.6) is 5.75 Å². The van der Waals surface area contributed by atoms with Crippen LogP contribution in [0.15, 0.2) is 48.7 Å². The van der Waals surface area contributed by atoms with E-state index in [1.165, 1.54) is 12.8 Å². The molecule has 5 bridgehead atoms. The van der Waals surface area contributed by atoms with Gasteiger partial charge in [-0.25, -0.2) is 0 Å². The second-order valence-corrected chi connectivity index (χ2v) is 14.5. The number of ether oxygens (including phenoxy) is 1. The van der Waals surface area contributed by atoms with E-state index in [4.69, 9.17) is 9.72 Å². The number of phenols is 1. The fourth-order valence-electron chi connectivity index (χ4n) is 10.5. The molecule has 3 aromatic rings. The number of hydrogen-bond acceptors (Lipinski definition) is 6. The summed E-state index contributed by atoms with van der Waals surface area (Å²) in [6, 6.07) is 7.51. The van der Waals surface area contributed by atoms with Crippen LogP contribution in [0.3, 0.4) is 0 Å². The number of aromatic amines is 1. The summed E-state index contributed by atoms with van der Waals surface area (Å²) >= 11 is 0. The van der Waals surface area contributed by atoms with Gasteiger partial charge in [0.25, 0.3) is 0 Å². The number of hydrogen-bond donors (Lipinski definition) is 3. The van der Waals surface area contributed by atoms with Gasteiger partial charge in [0.2, 0.25) is 0 Å². The third-order valence-electron chi connectivity index (χ3n) is 12.2. The lowest BCUT2D eigenvalue weighted by Gasteiger charge is -2.58. The molecule has 1 aliphatic carbocycles. The van der Waals surface area contributed by atoms with Gasteiger partial charge in [-0.05, 0) is 114 Å². The van der Waals surface area contributed by atoms with Crippen molar-refractivity contribution < 1.29 is 14.9 Å². The molecule has 0 saturated carbocycles. The fraction of sp³-hybridized carbons (Fsp3) is 0.583. The summed E-state index contributed by atoms with van der Waals surface area (Å²) < 4.78 is 7.07. The van der Waals surface area contributed by atoms with Crippen molar-refractivity contribution in [2.45, 2.75) is 94.1 Å². The van der Waals surface area contributed by atoms with Crippen molar-refractivity contribution in [2.24, 2.45) is 11.3 Å². The number of aromatic hydroxyl groups is 1. The van der Waals surface area contributed by atoms with Gasteiger partial charge in [0.1, 0.15) is 17.1 Å². The molecule has 9 rings (SSSR count). The van der Waals surface area contributed by atoms with Crippen molar-refractivity contribution in [3.8, 4) is 5.75 Å². The number of benzene rings is 1. The van der Waals surface area contributed by atoms with Crippen molar-refractivity contribution >= 4 is 27.4 Å². The molecule has 2 aromatic heterocycles. The first-order chi connectivity index (χ1) is 21.0. The summed E-state index contributed by atoms with van der Waals surface area (Å²) in [7, 11) is 0. The van der Waals surface area contributed by atoms with E-state index in [1.807, 2.05) is 24.4 Å². The van der Waals surface area contributed by atoms with Gasteiger partial charge >= 0.3 is 0 Å². The second-order valence-electron chi connectivity index (χ2n) is 14.5. The summed E-state index contributed by atoms with van der Waals surface area (Å²) in [5.74, 6) is 0.618. The number of nitrogens with zero attached hydrogens (tertiary/aromatic N) is 3. The Balaban J connectivity index is 1.28. The average Bonchev–Trinajstić information content (AvgIpc) is 3.61. The topological polar surface area (TPSA) is 84.8 Å². The van der Waals surface area contributed by atoms with Gasteiger partial charge in [0.15, 0.2) is 0 Å². The molecule has 7 heterocycles. The molecular weight excluding hydrogens is 536 g/mol. The molecule has 2 unspecified atom stereocenters. The average molecular weight is 581 g/mol. The molecule has 2 spiro atoms. The van der Waals surface area contributed by atoms with Gasteiger partial charge in [-0.1, -0.05) is 18.2 Å². The Kier molecular flexibility index (Phi) is 5.98. The van der Waals surface area contributed by atoms with E-state index in [-0.39, 0.29) is 22.9 Å². The molecule has 226 valence electrons. The molecule has 43 heavy (non-hydrogen) atoms. The Morgan fingerprint density at radius 3 is 2.84 bits per heavy atom. The van der Waals surface area contributed by atoms with Crippen LogP contribution < -0.4 is 0 Å². The number of phenolic OH excluding ortho intramolecular Hbond substituents is 1. The number of piperidine rings is 1. The van der Waals surface area contributed by atoms with Crippen LogP contribution >= 0.6 is 0 Å². The summed E-state index contributed by atoms with van der Waals surface area (Å²) in [4.78, 5) is 14.1. The first-order valence-corrected chi connectivity index (χ1v) is 16.9. The fourth-order valence-corrected chi connectivity index (χ4v) is 10.5. The smallest absolute Gasteiger partial charge is 0.123 e. The van der Waals surface area contributed by atoms with Crippen molar-refractivity contribution in [3.05, 3.63) is 54.4 Å². The normalized spacial score (nSPS) is 40.3. The first-order valence-electron chi connectivity index (χ1n) is 16.9. The SMILES string of the molecule is Oc1ccc2[nH]c3c(C4=C[C@H]5CCN6CCCC/C=C/CC[C@@]4(O)[C@@H]4N7CCCC8CC[C@@]7(C[C@]45C6)O8)nccc3c2c1. The summed E-state index contributed by atoms with van der Waals surface area (Å²) in [6.07, 6.45) is 21.0. The van der Waals surface area contributed by atoms with Crippen LogP contribution in [0.1, 0.15) is 76.3 Å². The molecule has 3 N–H and O–H groups in total. The molecule has 0 amide bonds. The maximum atomic E-state index is 13.6. The molecule has 7 nitrogen and oxygen atoms in total. The highest BCUT2D eigenvalue weighted by Crippen LogP contribution is 2.66. The van der Waals surface area contributed by atoms with Crippen molar-refractivity contribution in [1.29, 1.82) is 0 Å². The monoisotopic (exact) mass is 580 g/mol. The highest BCUT2D eigenvalue weighted by molar-refractivity contribution is 6.10. The zero-order valence-corrected chi connectivity index (χ0v) is 25.1. The lowest BCUT2D eigenvalue weighted by Crippen LogP contribution is -2.66. The molecule has 4 saturated heterocycles. The molecule has 6 aliphatic rings. The van der Waals surface area contributed by atoms with Crippen LogP contribution in [-0.4, -0.2) is 79.6 Å². The van der Waals surface area contributed by atoms with Crippen LogP contribution in [0, 0.1) is 11.3 Å². The van der Waals surface area contributed by atoms with Crippen LogP contribution in [0.2, 0.25) is 0 Å². The number of allylic oxidation sites excluding steroid dienone is 3. The third kappa shape index (κ3) is 3.84. The Morgan fingerprint density at radius 1 is 0.953 bits per heavy atom. The van der Waals surface area contributed by atoms with Gasteiger partial charge in [0, 0.05) is 46.6 Å². The summed E-state index contributed by atoms with van der Waals surface area (Å²) in [5, 5.41) is 25.9. The first kappa shape index (κ1) is 26.7. The predicted molar refractivity (Wildman–Crippen MR) is 169 cm³/mol. The number of rotatable bonds is 1. The van der Waals surface area contributed by atoms with E-state index in [2.05, 4.69) is 33.0 Å². The van der Waals surface area contributed by atoms with E-state index >= 15 is 0 Å². The lowest BCUT2D eigenvalue weighted by molar-refractivity contribution is -0.143. The zero-order chi connectivity index (χ0) is 28.8. The van der Waals surface area contributed by atoms with Crippen molar-refractivity contribution in [2.75, 3.05) is 26.2 Å². The minimum absolute atomic E-state index is 0.0238. The lowest BCUT2D eigenvalue weighted by atomic mass is 9.55. The molecule has 0 radical (unpaired) electrons. The molecule has 7 atom stereocenters. The van der Waals surface area contributed by atoms with Gasteiger partial charge < -0.3 is 24.8 Å². The van der Waals surface area contributed by atoms with E-state index in [0.717, 1.165) is 111 Å². The zero-order valence-electron chi connectivity index (χ0n) is 25.1. The van der Waals surface area contributed by atoms with Gasteiger partial charge in [-0.15, -0.1) is 0 Å². The Hall–Kier alpha value is -2.71. The van der Waals surface area contributed by atoms with Gasteiger partial charge in [0.05, 0.1) is 23.4 Å². The highest BCUT2D eigenvalue weighted by Gasteiger charge is 2.72. The maximum absolute atomic E-state index is 13.6. The number of pyridine rings is 1. The van der Waals surface area contributed by atoms with Crippen molar-refractivity contribution in [1.82, 2.24) is 19.8 Å². The van der Waals surface area contributed by atoms with Gasteiger partial charge in [-0.2, -0.15) is 0 Å². The summed E-state index contributed by atoms with van der Waals surface area (Å²) in [5.41, 5.74) is 2.38. The molecule has 4 fully saturated rings. The maximum Gasteiger partial charge on any atom is 0.123 e. The van der Waals surface area contributed by atoms with Gasteiger partial charge in [-0.3, -0.25) is 9.88 Å². The van der Waals surface area contributed by atoms with Crippen molar-refractivity contribution in [3.63, 3.8) is 0 Å². The van der Waals surface area contributed by atoms with E-state index < -0.39 is 5.60 Å². The number of fused-ring (bicyclic) bond motifs is 5. The van der Waals surface area contributed by atoms with Crippen LogP contribution in [0.25, 0.3) is 27.4 Å². The number of nitrogens with one attached hydrogen (secondary N) is 1. The standard InChI is InChI=1S/C36H44N4O3/c41-25-9-10-30-28(21-25)27-12-16-37-32(31(27)38-30)29-20-24-13-19-39-17-6-4-2-1-3-5-14-36(29,42)33-34(24,23-39)22-35-15-11-26(43-35)8-7-18-40(33)35/h1,3,9-10,12,16,20-21,24,26,33,38,41-42H,2,4-8,11,13-15,17-19,22-23H2/b3-1+/t24-,26?,33-,34-,35+,36+/m1/s1. The number of H-pyrrole nitrogens is 1. The number of aliphatic hydroxyl groups is 1. The van der Waals surface area contributed by atoms with E-state index in [0.29, 0.717) is 18.4 Å². The highest BCUT2D eigenvalue weighted by atomic mass is 16.5. The largest absolute Gasteiger partial charge is 0.508 e. The molecular formula is C36H44N4O3. The summed E-state index contributed by atoms with van der Waals surface area (Å²) in [6.45, 7) is 4.28. The minimum atomic E-state index is -1.08. The van der Waals surface area contributed by atoms with Crippen LogP contribution in [-0.2, 0) is 4.74 Å².